The Kier molecular flexibility index (Phi) is 3.34. The van der Waals surface area contributed by atoms with E-state index < -0.39 is 18.0 Å². The molecule has 1 aliphatic heterocycles. The minimum Gasteiger partial charge on any atom is -0.428 e. The largest absolute Gasteiger partial charge is 0.462 e. The number of hydrogen-bond donors (Lipinski definition) is 2. The predicted molar refractivity (Wildman–Crippen MR) is 72.9 cm³/mol. The monoisotopic (exact) mass is 377 g/mol. The van der Waals surface area contributed by atoms with E-state index in [1.54, 1.807) is 0 Å². The Morgan fingerprint density at radius 3 is 2.72 bits per heavy atom. The molecule has 0 aromatic heterocycles. The fourth-order valence-electron chi connectivity index (χ4n) is 1.68. The van der Waals surface area contributed by atoms with Gasteiger partial charge in [0, 0.05) is 17.2 Å². The molecule has 0 radical (unpaired) electrons. The summed E-state index contributed by atoms with van der Waals surface area (Å²) in [5, 5.41) is 23.5. The summed E-state index contributed by atoms with van der Waals surface area (Å²) in [5.41, 5.74) is -0.0109. The molecular formula is C8H6BBr2N3O4. The number of benzene rings is 1. The van der Waals surface area contributed by atoms with E-state index in [0.717, 1.165) is 4.81 Å². The van der Waals surface area contributed by atoms with Gasteiger partial charge in [0.1, 0.15) is 4.47 Å². The number of nitro groups is 1. The Balaban J connectivity index is 2.76. The van der Waals surface area contributed by atoms with Gasteiger partial charge in [-0.2, -0.15) is 0 Å². The summed E-state index contributed by atoms with van der Waals surface area (Å²) in [6, 6.07) is 0.971. The zero-order chi connectivity index (χ0) is 13.6. The third kappa shape index (κ3) is 1.89. The van der Waals surface area contributed by atoms with Crippen LogP contribution in [0.25, 0.3) is 0 Å². The van der Waals surface area contributed by atoms with Crippen LogP contribution in [0.1, 0.15) is 0 Å². The maximum Gasteiger partial charge on any atom is 0.462 e. The Labute approximate surface area is 119 Å². The third-order valence-electron chi connectivity index (χ3n) is 2.60. The molecule has 0 unspecified atom stereocenters. The number of carbonyl (C=O) groups excluding carboxylic acids is 1. The third-order valence-corrected chi connectivity index (χ3v) is 4.56. The number of anilines is 1. The summed E-state index contributed by atoms with van der Waals surface area (Å²) >= 11 is 6.24. The minimum atomic E-state index is -1.36. The number of nitrogens with one attached hydrogen (secondary N) is 1. The number of nitro benzene ring substituents is 1. The van der Waals surface area contributed by atoms with Crippen molar-refractivity contribution in [2.24, 2.45) is 0 Å². The SMILES string of the molecule is CN1B(O)c2c(cc(Br)c(Br)c2[N+](=O)[O-])NC1=O. The smallest absolute Gasteiger partial charge is 0.428 e. The van der Waals surface area contributed by atoms with E-state index in [0.29, 0.717) is 4.47 Å². The van der Waals surface area contributed by atoms with E-state index in [2.05, 4.69) is 37.2 Å². The van der Waals surface area contributed by atoms with Crippen LogP contribution < -0.4 is 10.8 Å². The molecule has 18 heavy (non-hydrogen) atoms. The zero-order valence-electron chi connectivity index (χ0n) is 8.98. The standard InChI is InChI=1S/C8H6BBr2N3O4/c1-13-8(15)12-4-2-3(10)6(11)7(14(17)18)5(4)9(13)16/h2,16H,1H3,(H,12,15). The number of halogens is 2. The van der Waals surface area contributed by atoms with Crippen molar-refractivity contribution in [2.75, 3.05) is 12.4 Å². The second kappa shape index (κ2) is 4.52. The Bertz CT molecular complexity index is 568. The van der Waals surface area contributed by atoms with Gasteiger partial charge in [-0.1, -0.05) is 0 Å². The highest BCUT2D eigenvalue weighted by molar-refractivity contribution is 9.13. The first-order chi connectivity index (χ1) is 8.34. The van der Waals surface area contributed by atoms with Crippen molar-refractivity contribution in [2.45, 2.75) is 0 Å². The molecular weight excluding hydrogens is 373 g/mol. The molecule has 1 aromatic rings. The number of fused-ring (bicyclic) bond motifs is 1. The van der Waals surface area contributed by atoms with E-state index in [-0.39, 0.29) is 21.3 Å². The number of amides is 2. The van der Waals surface area contributed by atoms with Crippen molar-refractivity contribution in [3.05, 3.63) is 25.1 Å². The van der Waals surface area contributed by atoms with Crippen LogP contribution in [-0.2, 0) is 0 Å². The number of hydrogen-bond acceptors (Lipinski definition) is 4. The lowest BCUT2D eigenvalue weighted by Gasteiger charge is -2.28. The van der Waals surface area contributed by atoms with Crippen LogP contribution in [0.15, 0.2) is 15.0 Å². The number of nitrogens with zero attached hydrogens (tertiary/aromatic N) is 2. The zero-order valence-corrected chi connectivity index (χ0v) is 12.1. The second-order valence-electron chi connectivity index (χ2n) is 3.65. The minimum absolute atomic E-state index is 0.0529. The van der Waals surface area contributed by atoms with Crippen molar-refractivity contribution < 1.29 is 14.7 Å². The van der Waals surface area contributed by atoms with Gasteiger partial charge in [-0.3, -0.25) is 10.1 Å². The molecule has 7 nitrogen and oxygen atoms in total. The molecule has 1 heterocycles. The molecule has 94 valence electrons. The van der Waals surface area contributed by atoms with Gasteiger partial charge in [0.15, 0.2) is 0 Å². The first kappa shape index (κ1) is 13.3. The average molecular weight is 379 g/mol. The van der Waals surface area contributed by atoms with E-state index >= 15 is 0 Å². The molecule has 0 spiro atoms. The van der Waals surface area contributed by atoms with Crippen molar-refractivity contribution in [1.29, 1.82) is 0 Å². The molecule has 2 amide bonds. The lowest BCUT2D eigenvalue weighted by atomic mass is 9.69. The van der Waals surface area contributed by atoms with Crippen LogP contribution in [0.3, 0.4) is 0 Å². The molecule has 0 aliphatic carbocycles. The topological polar surface area (TPSA) is 95.7 Å². The molecule has 0 atom stereocenters. The van der Waals surface area contributed by atoms with Gasteiger partial charge < -0.3 is 15.2 Å². The van der Waals surface area contributed by atoms with Gasteiger partial charge in [0.05, 0.1) is 10.4 Å². The number of urea groups is 1. The molecule has 0 fully saturated rings. The lowest BCUT2D eigenvalue weighted by molar-refractivity contribution is -0.384. The van der Waals surface area contributed by atoms with Crippen LogP contribution in [0.5, 0.6) is 0 Å². The van der Waals surface area contributed by atoms with Crippen LogP contribution in [-0.4, -0.2) is 34.9 Å². The molecule has 2 rings (SSSR count). The summed E-state index contributed by atoms with van der Waals surface area (Å²) in [6.07, 6.45) is 0. The van der Waals surface area contributed by atoms with E-state index in [1.165, 1.54) is 13.1 Å². The molecule has 2 N–H and O–H groups in total. The summed E-state index contributed by atoms with van der Waals surface area (Å²) in [6.45, 7) is 0. The van der Waals surface area contributed by atoms with Crippen molar-refractivity contribution >= 4 is 61.8 Å². The lowest BCUT2D eigenvalue weighted by Crippen LogP contribution is -2.56. The van der Waals surface area contributed by atoms with E-state index in [9.17, 15) is 19.9 Å². The van der Waals surface area contributed by atoms with Crippen molar-refractivity contribution in [3.8, 4) is 0 Å². The van der Waals surface area contributed by atoms with Gasteiger partial charge in [0.2, 0.25) is 0 Å². The summed E-state index contributed by atoms with van der Waals surface area (Å²) in [7, 11) is -0.0126. The molecule has 0 saturated carbocycles. The average Bonchev–Trinajstić information content (AvgIpc) is 2.29. The summed E-state index contributed by atoms with van der Waals surface area (Å²) in [5.74, 6) is 0. The van der Waals surface area contributed by atoms with Gasteiger partial charge in [0.25, 0.3) is 5.69 Å². The summed E-state index contributed by atoms with van der Waals surface area (Å²) in [4.78, 5) is 23.0. The maximum absolute atomic E-state index is 11.5. The fraction of sp³-hybridized carbons (Fsp3) is 0.125. The van der Waals surface area contributed by atoms with Crippen molar-refractivity contribution in [3.63, 3.8) is 0 Å². The highest BCUT2D eigenvalue weighted by Crippen LogP contribution is 2.35. The Morgan fingerprint density at radius 2 is 2.17 bits per heavy atom. The first-order valence-electron chi connectivity index (χ1n) is 4.72. The normalized spacial score (nSPS) is 14.3. The van der Waals surface area contributed by atoms with Gasteiger partial charge in [-0.25, -0.2) is 4.79 Å². The molecule has 0 bridgehead atoms. The first-order valence-corrected chi connectivity index (χ1v) is 6.31. The van der Waals surface area contributed by atoms with Crippen LogP contribution in [0, 0.1) is 10.1 Å². The number of carbonyl (C=O) groups is 1. The van der Waals surface area contributed by atoms with Crippen LogP contribution >= 0.6 is 31.9 Å². The predicted octanol–water partition coefficient (Wildman–Crippen LogP) is 1.28. The quantitative estimate of drug-likeness (QED) is 0.437. The highest BCUT2D eigenvalue weighted by atomic mass is 79.9. The molecule has 0 saturated heterocycles. The van der Waals surface area contributed by atoms with E-state index in [4.69, 9.17) is 0 Å². The molecule has 1 aromatic carbocycles. The van der Waals surface area contributed by atoms with Crippen LogP contribution in [0.2, 0.25) is 0 Å². The maximum atomic E-state index is 11.5. The van der Waals surface area contributed by atoms with Crippen LogP contribution in [0.4, 0.5) is 16.2 Å². The molecule has 10 heteroatoms. The van der Waals surface area contributed by atoms with Gasteiger partial charge in [-0.15, -0.1) is 0 Å². The van der Waals surface area contributed by atoms with Crippen molar-refractivity contribution in [1.82, 2.24) is 4.81 Å². The highest BCUT2D eigenvalue weighted by Gasteiger charge is 2.41. The number of rotatable bonds is 1. The Morgan fingerprint density at radius 1 is 1.56 bits per heavy atom. The summed E-state index contributed by atoms with van der Waals surface area (Å²) < 4.78 is 0.639. The second-order valence-corrected chi connectivity index (χ2v) is 5.30. The fourth-order valence-corrected chi connectivity index (χ4v) is 2.57. The van der Waals surface area contributed by atoms with Gasteiger partial charge >= 0.3 is 13.1 Å². The van der Waals surface area contributed by atoms with Gasteiger partial charge in [-0.05, 0) is 37.9 Å². The molecule has 1 aliphatic rings. The Hall–Kier alpha value is -1.13. The van der Waals surface area contributed by atoms with E-state index in [1.807, 2.05) is 0 Å².